The number of aryl methyl sites for hydroxylation is 1. The average Bonchev–Trinajstić information content (AvgIpc) is 3.21. The highest BCUT2D eigenvalue weighted by atomic mass is 16.6. The number of hydrogen-bond acceptors (Lipinski definition) is 5. The molecule has 5 rings (SSSR count). The maximum Gasteiger partial charge on any atom is 0.277 e. The lowest BCUT2D eigenvalue weighted by atomic mass is 10.0. The van der Waals surface area contributed by atoms with Crippen molar-refractivity contribution in [2.75, 3.05) is 5.32 Å². The second-order valence-corrected chi connectivity index (χ2v) is 7.51. The van der Waals surface area contributed by atoms with Crippen molar-refractivity contribution in [3.05, 3.63) is 105 Å². The average molecular weight is 425 g/mol. The summed E-state index contributed by atoms with van der Waals surface area (Å²) < 4.78 is 7.76. The van der Waals surface area contributed by atoms with Crippen LogP contribution in [0.25, 0.3) is 33.0 Å². The zero-order valence-corrected chi connectivity index (χ0v) is 17.2. The molecule has 2 heterocycles. The molecule has 0 spiro atoms. The lowest BCUT2D eigenvalue weighted by molar-refractivity contribution is -0.384. The molecular formula is C25H19N3O4. The summed E-state index contributed by atoms with van der Waals surface area (Å²) in [7, 11) is 1.69. The molecular weight excluding hydrogens is 406 g/mol. The molecule has 0 aliphatic rings. The van der Waals surface area contributed by atoms with E-state index in [1.165, 1.54) is 6.07 Å². The van der Waals surface area contributed by atoms with Gasteiger partial charge in [-0.2, -0.15) is 0 Å². The van der Waals surface area contributed by atoms with E-state index in [0.717, 1.165) is 16.5 Å². The molecule has 0 aliphatic heterocycles. The number of nitro groups is 1. The Labute approximate surface area is 182 Å². The molecule has 0 saturated heterocycles. The zero-order valence-electron chi connectivity index (χ0n) is 17.2. The number of fused-ring (bicyclic) bond motifs is 3. The molecule has 32 heavy (non-hydrogen) atoms. The lowest BCUT2D eigenvalue weighted by Crippen LogP contribution is -2.17. The van der Waals surface area contributed by atoms with Crippen LogP contribution in [0.5, 0.6) is 0 Å². The Morgan fingerprint density at radius 1 is 0.969 bits per heavy atom. The third-order valence-corrected chi connectivity index (χ3v) is 5.60. The Hall–Kier alpha value is -4.39. The summed E-state index contributed by atoms with van der Waals surface area (Å²) in [6.07, 6.45) is 0. The number of nitrogens with one attached hydrogen (secondary N) is 1. The molecule has 5 aromatic rings. The maximum atomic E-state index is 13.4. The van der Waals surface area contributed by atoms with Crippen LogP contribution in [0.1, 0.15) is 5.56 Å². The van der Waals surface area contributed by atoms with Crippen molar-refractivity contribution in [2.45, 2.75) is 6.54 Å². The molecule has 1 N–H and O–H groups in total. The summed E-state index contributed by atoms with van der Waals surface area (Å²) in [6, 6.07) is 23.6. The summed E-state index contributed by atoms with van der Waals surface area (Å²) in [6.45, 7) is 0.437. The minimum atomic E-state index is -0.444. The molecule has 2 aromatic heterocycles. The normalized spacial score (nSPS) is 11.2. The summed E-state index contributed by atoms with van der Waals surface area (Å²) in [5.41, 5.74) is 2.51. The molecule has 0 aliphatic carbocycles. The standard InChI is InChI=1S/C25H19N3O4/c1-27-19-13-7-6-12-18(19)23-22(25(27)29)21(17-11-5-8-14-20(17)28(30)31)24(32-23)26-15-16-9-3-2-4-10-16/h2-14,26H,15H2,1H3. The van der Waals surface area contributed by atoms with Crippen molar-refractivity contribution in [1.29, 1.82) is 0 Å². The number of anilines is 1. The van der Waals surface area contributed by atoms with Gasteiger partial charge >= 0.3 is 0 Å². The van der Waals surface area contributed by atoms with E-state index in [1.54, 1.807) is 29.8 Å². The fourth-order valence-corrected chi connectivity index (χ4v) is 4.06. The number of furan rings is 1. The zero-order chi connectivity index (χ0) is 22.2. The number of benzene rings is 3. The van der Waals surface area contributed by atoms with Crippen LogP contribution in [-0.2, 0) is 13.6 Å². The molecule has 7 heteroatoms. The SMILES string of the molecule is Cn1c(=O)c2c(-c3ccccc3[N+](=O)[O-])c(NCc3ccccc3)oc2c2ccccc21. The molecule has 3 aromatic carbocycles. The van der Waals surface area contributed by atoms with E-state index in [9.17, 15) is 14.9 Å². The van der Waals surface area contributed by atoms with Gasteiger partial charge in [-0.15, -0.1) is 0 Å². The predicted octanol–water partition coefficient (Wildman–Crippen LogP) is 5.47. The van der Waals surface area contributed by atoms with Gasteiger partial charge in [-0.3, -0.25) is 14.9 Å². The summed E-state index contributed by atoms with van der Waals surface area (Å²) in [4.78, 5) is 24.7. The van der Waals surface area contributed by atoms with Crippen LogP contribution in [0.2, 0.25) is 0 Å². The van der Waals surface area contributed by atoms with Crippen LogP contribution < -0.4 is 10.9 Å². The van der Waals surface area contributed by atoms with E-state index in [4.69, 9.17) is 4.42 Å². The lowest BCUT2D eigenvalue weighted by Gasteiger charge is -2.08. The van der Waals surface area contributed by atoms with Gasteiger partial charge < -0.3 is 14.3 Å². The maximum absolute atomic E-state index is 13.4. The first-order chi connectivity index (χ1) is 15.6. The molecule has 0 amide bonds. The van der Waals surface area contributed by atoms with Crippen LogP contribution in [0.3, 0.4) is 0 Å². The van der Waals surface area contributed by atoms with Crippen LogP contribution in [0, 0.1) is 10.1 Å². The Morgan fingerprint density at radius 2 is 1.66 bits per heavy atom. The number of pyridine rings is 1. The Bertz CT molecular complexity index is 1530. The molecule has 0 saturated carbocycles. The smallest absolute Gasteiger partial charge is 0.277 e. The van der Waals surface area contributed by atoms with Gasteiger partial charge in [0.25, 0.3) is 11.2 Å². The summed E-state index contributed by atoms with van der Waals surface area (Å²) >= 11 is 0. The van der Waals surface area contributed by atoms with E-state index < -0.39 is 4.92 Å². The molecule has 0 atom stereocenters. The first-order valence-corrected chi connectivity index (χ1v) is 10.1. The van der Waals surface area contributed by atoms with E-state index in [2.05, 4.69) is 5.32 Å². The van der Waals surface area contributed by atoms with Gasteiger partial charge in [0.2, 0.25) is 5.88 Å². The van der Waals surface area contributed by atoms with Crippen molar-refractivity contribution in [2.24, 2.45) is 7.05 Å². The van der Waals surface area contributed by atoms with E-state index >= 15 is 0 Å². The Balaban J connectivity index is 1.83. The number of para-hydroxylation sites is 2. The second kappa shape index (κ2) is 7.70. The molecule has 158 valence electrons. The van der Waals surface area contributed by atoms with Crippen molar-refractivity contribution in [3.8, 4) is 11.1 Å². The highest BCUT2D eigenvalue weighted by Crippen LogP contribution is 2.43. The Kier molecular flexibility index (Phi) is 4.71. The highest BCUT2D eigenvalue weighted by molar-refractivity contribution is 6.11. The highest BCUT2D eigenvalue weighted by Gasteiger charge is 2.27. The van der Waals surface area contributed by atoms with E-state index in [1.807, 2.05) is 54.6 Å². The van der Waals surface area contributed by atoms with E-state index in [-0.39, 0.29) is 11.2 Å². The minimum absolute atomic E-state index is 0.0897. The predicted molar refractivity (Wildman–Crippen MR) is 125 cm³/mol. The van der Waals surface area contributed by atoms with Gasteiger partial charge in [0.05, 0.1) is 27.0 Å². The third-order valence-electron chi connectivity index (χ3n) is 5.60. The number of rotatable bonds is 5. The van der Waals surface area contributed by atoms with Gasteiger partial charge in [-0.1, -0.05) is 54.6 Å². The van der Waals surface area contributed by atoms with Gasteiger partial charge in [0, 0.05) is 25.0 Å². The van der Waals surface area contributed by atoms with Gasteiger partial charge in [0.15, 0.2) is 5.58 Å². The number of hydrogen-bond donors (Lipinski definition) is 1. The van der Waals surface area contributed by atoms with Gasteiger partial charge in [-0.05, 0) is 23.8 Å². The largest absolute Gasteiger partial charge is 0.439 e. The van der Waals surface area contributed by atoms with Crippen LogP contribution in [-0.4, -0.2) is 9.49 Å². The number of nitro benzene ring substituents is 1. The molecule has 0 radical (unpaired) electrons. The van der Waals surface area contributed by atoms with Gasteiger partial charge in [-0.25, -0.2) is 0 Å². The number of aromatic nitrogens is 1. The quantitative estimate of drug-likeness (QED) is 0.298. The van der Waals surface area contributed by atoms with Crippen molar-refractivity contribution in [1.82, 2.24) is 4.57 Å². The van der Waals surface area contributed by atoms with Crippen molar-refractivity contribution < 1.29 is 9.34 Å². The monoisotopic (exact) mass is 425 g/mol. The molecule has 0 bridgehead atoms. The summed E-state index contributed by atoms with van der Waals surface area (Å²) in [5.74, 6) is 0.326. The molecule has 0 fully saturated rings. The van der Waals surface area contributed by atoms with Crippen LogP contribution >= 0.6 is 0 Å². The first kappa shape index (κ1) is 19.6. The summed E-state index contributed by atoms with van der Waals surface area (Å²) in [5, 5.41) is 16.1. The minimum Gasteiger partial charge on any atom is -0.439 e. The second-order valence-electron chi connectivity index (χ2n) is 7.51. The van der Waals surface area contributed by atoms with Crippen molar-refractivity contribution >= 4 is 33.4 Å². The van der Waals surface area contributed by atoms with Crippen LogP contribution in [0.4, 0.5) is 11.6 Å². The molecule has 7 nitrogen and oxygen atoms in total. The first-order valence-electron chi connectivity index (χ1n) is 10.1. The Morgan fingerprint density at radius 3 is 2.44 bits per heavy atom. The number of nitrogens with zero attached hydrogens (tertiary/aromatic N) is 2. The molecule has 0 unspecified atom stereocenters. The van der Waals surface area contributed by atoms with Crippen LogP contribution in [0.15, 0.2) is 88.1 Å². The fraction of sp³-hybridized carbons (Fsp3) is 0.0800. The third kappa shape index (κ3) is 3.11. The van der Waals surface area contributed by atoms with Gasteiger partial charge in [0.1, 0.15) is 0 Å². The fourth-order valence-electron chi connectivity index (χ4n) is 4.06. The van der Waals surface area contributed by atoms with E-state index in [0.29, 0.717) is 34.5 Å². The van der Waals surface area contributed by atoms with Crippen molar-refractivity contribution in [3.63, 3.8) is 0 Å². The topological polar surface area (TPSA) is 90.3 Å².